The summed E-state index contributed by atoms with van der Waals surface area (Å²) in [6.07, 6.45) is 0. The van der Waals surface area contributed by atoms with Crippen molar-refractivity contribution in [3.05, 3.63) is 34.9 Å². The summed E-state index contributed by atoms with van der Waals surface area (Å²) in [4.78, 5) is 12.0. The zero-order chi connectivity index (χ0) is 14.5. The second-order valence-electron chi connectivity index (χ2n) is 4.01. The topological polar surface area (TPSA) is 80.9 Å². The summed E-state index contributed by atoms with van der Waals surface area (Å²) in [7, 11) is 0. The van der Waals surface area contributed by atoms with Crippen LogP contribution in [0.3, 0.4) is 0 Å². The minimum atomic E-state index is -0.255. The lowest BCUT2D eigenvalue weighted by Crippen LogP contribution is -2.30. The molecule has 5 nitrogen and oxygen atoms in total. The van der Waals surface area contributed by atoms with Crippen LogP contribution < -0.4 is 11.1 Å². The Bertz CT molecular complexity index is 587. The van der Waals surface area contributed by atoms with E-state index in [4.69, 9.17) is 17.3 Å². The molecule has 0 aliphatic carbocycles. The molecule has 1 aromatic carbocycles. The Labute approximate surface area is 129 Å². The van der Waals surface area contributed by atoms with Crippen LogP contribution in [0.2, 0.25) is 5.02 Å². The van der Waals surface area contributed by atoms with E-state index in [-0.39, 0.29) is 11.2 Å². The van der Waals surface area contributed by atoms with Crippen LogP contribution in [0.4, 0.5) is 5.13 Å². The van der Waals surface area contributed by atoms with Crippen molar-refractivity contribution < 1.29 is 4.79 Å². The molecule has 8 heteroatoms. The Balaban J connectivity index is 1.83. The molecule has 1 aromatic heterocycles. The van der Waals surface area contributed by atoms with Crippen LogP contribution in [0, 0.1) is 0 Å². The number of halogens is 1. The average Bonchev–Trinajstić information content (AvgIpc) is 2.83. The number of rotatable bonds is 5. The fourth-order valence-electron chi connectivity index (χ4n) is 1.41. The predicted molar refractivity (Wildman–Crippen MR) is 82.9 cm³/mol. The average molecular weight is 329 g/mol. The molecule has 0 saturated carbocycles. The number of aromatic nitrogens is 2. The van der Waals surface area contributed by atoms with E-state index >= 15 is 0 Å². The molecule has 0 aliphatic rings. The van der Waals surface area contributed by atoms with Gasteiger partial charge in [0, 0.05) is 11.6 Å². The summed E-state index contributed by atoms with van der Waals surface area (Å²) in [6.45, 7) is 2.29. The predicted octanol–water partition coefficient (Wildman–Crippen LogP) is 2.57. The molecule has 20 heavy (non-hydrogen) atoms. The summed E-state index contributed by atoms with van der Waals surface area (Å²) in [5.74, 6) is -0.0567. The molecule has 1 unspecified atom stereocenters. The Morgan fingerprint density at radius 2 is 2.15 bits per heavy atom. The number of hydrogen-bond donors (Lipinski definition) is 2. The molecule has 1 heterocycles. The lowest BCUT2D eigenvalue weighted by atomic mass is 10.2. The van der Waals surface area contributed by atoms with Crippen molar-refractivity contribution >= 4 is 45.7 Å². The van der Waals surface area contributed by atoms with Gasteiger partial charge in [-0.05, 0) is 24.6 Å². The second kappa shape index (κ2) is 6.92. The fourth-order valence-corrected chi connectivity index (χ4v) is 3.34. The van der Waals surface area contributed by atoms with Crippen LogP contribution in [0.25, 0.3) is 0 Å². The molecular weight excluding hydrogens is 316 g/mol. The molecule has 1 amide bonds. The van der Waals surface area contributed by atoms with Gasteiger partial charge < -0.3 is 11.1 Å². The van der Waals surface area contributed by atoms with Gasteiger partial charge in [0.25, 0.3) is 0 Å². The summed E-state index contributed by atoms with van der Waals surface area (Å²) in [5.41, 5.74) is 6.50. The van der Waals surface area contributed by atoms with Crippen molar-refractivity contribution in [1.82, 2.24) is 15.5 Å². The van der Waals surface area contributed by atoms with E-state index in [0.29, 0.717) is 21.0 Å². The lowest BCUT2D eigenvalue weighted by molar-refractivity contribution is -0.120. The number of anilines is 1. The number of carbonyl (C=O) groups is 1. The van der Waals surface area contributed by atoms with E-state index in [9.17, 15) is 4.79 Å². The third kappa shape index (κ3) is 4.36. The second-order valence-corrected chi connectivity index (χ2v) is 7.04. The minimum Gasteiger partial charge on any atom is -0.374 e. The number of nitrogens with zero attached hydrogens (tertiary/aromatic N) is 2. The Morgan fingerprint density at radius 3 is 2.75 bits per heavy atom. The first-order valence-corrected chi connectivity index (χ1v) is 7.90. The number of nitrogens with two attached hydrogens (primary N) is 1. The molecule has 2 rings (SSSR count). The van der Waals surface area contributed by atoms with Crippen molar-refractivity contribution in [2.45, 2.75) is 23.1 Å². The molecule has 106 valence electrons. The van der Waals surface area contributed by atoms with Crippen LogP contribution in [0.5, 0.6) is 0 Å². The first-order chi connectivity index (χ1) is 9.54. The Kier molecular flexibility index (Phi) is 5.22. The summed E-state index contributed by atoms with van der Waals surface area (Å²) >= 11 is 8.42. The summed E-state index contributed by atoms with van der Waals surface area (Å²) in [5, 5.41) is 11.3. The molecule has 3 N–H and O–H groups in total. The lowest BCUT2D eigenvalue weighted by Gasteiger charge is -2.10. The molecule has 0 spiro atoms. The highest BCUT2D eigenvalue weighted by Gasteiger charge is 2.16. The highest BCUT2D eigenvalue weighted by atomic mass is 35.5. The highest BCUT2D eigenvalue weighted by Crippen LogP contribution is 2.27. The van der Waals surface area contributed by atoms with Crippen LogP contribution in [0.15, 0.2) is 28.6 Å². The summed E-state index contributed by atoms with van der Waals surface area (Å²) < 4.78 is 0.691. The van der Waals surface area contributed by atoms with Crippen molar-refractivity contribution in [3.8, 4) is 0 Å². The van der Waals surface area contributed by atoms with E-state index in [1.54, 1.807) is 12.1 Å². The number of nitrogens with one attached hydrogen (secondary N) is 1. The molecule has 0 aliphatic heterocycles. The van der Waals surface area contributed by atoms with Gasteiger partial charge in [-0.1, -0.05) is 46.8 Å². The number of thioether (sulfide) groups is 1. The minimum absolute atomic E-state index is 0.0567. The largest absolute Gasteiger partial charge is 0.374 e. The molecular formula is C12H13ClN4OS2. The molecule has 0 saturated heterocycles. The zero-order valence-electron chi connectivity index (χ0n) is 10.7. The van der Waals surface area contributed by atoms with E-state index in [1.165, 1.54) is 23.1 Å². The quantitative estimate of drug-likeness (QED) is 0.824. The highest BCUT2D eigenvalue weighted by molar-refractivity contribution is 8.02. The Morgan fingerprint density at radius 1 is 1.45 bits per heavy atom. The zero-order valence-corrected chi connectivity index (χ0v) is 13.1. The monoisotopic (exact) mass is 328 g/mol. The normalized spacial score (nSPS) is 12.1. The van der Waals surface area contributed by atoms with Gasteiger partial charge in [-0.15, -0.1) is 10.2 Å². The number of carbonyl (C=O) groups excluding carboxylic acids is 1. The smallest absolute Gasteiger partial charge is 0.233 e. The van der Waals surface area contributed by atoms with Gasteiger partial charge in [0.15, 0.2) is 4.34 Å². The van der Waals surface area contributed by atoms with Crippen LogP contribution >= 0.6 is 34.7 Å². The number of amides is 1. The maximum absolute atomic E-state index is 12.0. The molecule has 1 atom stereocenters. The van der Waals surface area contributed by atoms with Gasteiger partial charge in [0.1, 0.15) is 0 Å². The van der Waals surface area contributed by atoms with Crippen LogP contribution in [-0.2, 0) is 11.3 Å². The maximum Gasteiger partial charge on any atom is 0.233 e. The van der Waals surface area contributed by atoms with Gasteiger partial charge >= 0.3 is 0 Å². The number of benzene rings is 1. The maximum atomic E-state index is 12.0. The fraction of sp³-hybridized carbons (Fsp3) is 0.250. The van der Waals surface area contributed by atoms with E-state index in [2.05, 4.69) is 15.5 Å². The van der Waals surface area contributed by atoms with Gasteiger partial charge in [-0.25, -0.2) is 0 Å². The van der Waals surface area contributed by atoms with Gasteiger partial charge in [0.2, 0.25) is 11.0 Å². The van der Waals surface area contributed by atoms with Gasteiger partial charge in [0.05, 0.1) is 5.25 Å². The van der Waals surface area contributed by atoms with Crippen molar-refractivity contribution in [2.24, 2.45) is 0 Å². The van der Waals surface area contributed by atoms with Crippen molar-refractivity contribution in [3.63, 3.8) is 0 Å². The Hall–Kier alpha value is -1.31. The third-order valence-electron chi connectivity index (χ3n) is 2.45. The van der Waals surface area contributed by atoms with E-state index < -0.39 is 0 Å². The van der Waals surface area contributed by atoms with Crippen molar-refractivity contribution in [2.75, 3.05) is 5.73 Å². The first-order valence-electron chi connectivity index (χ1n) is 5.82. The summed E-state index contributed by atoms with van der Waals surface area (Å²) in [6, 6.07) is 7.36. The molecule has 0 radical (unpaired) electrons. The van der Waals surface area contributed by atoms with Crippen molar-refractivity contribution in [1.29, 1.82) is 0 Å². The van der Waals surface area contributed by atoms with Gasteiger partial charge in [-0.2, -0.15) is 0 Å². The van der Waals surface area contributed by atoms with Crippen LogP contribution in [-0.4, -0.2) is 21.4 Å². The van der Waals surface area contributed by atoms with Gasteiger partial charge in [-0.3, -0.25) is 4.79 Å². The number of nitrogen functional groups attached to an aromatic ring is 1. The SMILES string of the molecule is CC(Sc1nnc(N)s1)C(=O)NCc1ccc(Cl)cc1. The molecule has 0 bridgehead atoms. The third-order valence-corrected chi connectivity index (χ3v) is 4.64. The number of hydrogen-bond acceptors (Lipinski definition) is 6. The molecule has 2 aromatic rings. The van der Waals surface area contributed by atoms with E-state index in [0.717, 1.165) is 5.56 Å². The van der Waals surface area contributed by atoms with Crippen LogP contribution in [0.1, 0.15) is 12.5 Å². The van der Waals surface area contributed by atoms with E-state index in [1.807, 2.05) is 19.1 Å². The molecule has 0 fully saturated rings. The standard InChI is InChI=1S/C12H13ClN4OS2/c1-7(19-12-17-16-11(14)20-12)10(18)15-6-8-2-4-9(13)5-3-8/h2-5,7H,6H2,1H3,(H2,14,16)(H,15,18). The first kappa shape index (κ1) is 15.1.